The molecule has 1 aliphatic carbocycles. The molecule has 3 atom stereocenters. The Balaban J connectivity index is 1.44. The summed E-state index contributed by atoms with van der Waals surface area (Å²) in [5, 5.41) is 9.99. The van der Waals surface area contributed by atoms with Gasteiger partial charge < -0.3 is 9.80 Å². The first-order valence-electron chi connectivity index (χ1n) is 12.3. The predicted molar refractivity (Wildman–Crippen MR) is 129 cm³/mol. The molecule has 12 heteroatoms. The lowest BCUT2D eigenvalue weighted by Crippen LogP contribution is -2.43. The van der Waals surface area contributed by atoms with Gasteiger partial charge in [-0.1, -0.05) is 25.7 Å². The summed E-state index contributed by atoms with van der Waals surface area (Å²) in [6.45, 7) is 6.50. The summed E-state index contributed by atoms with van der Waals surface area (Å²) in [5.74, 6) is -0.809. The zero-order valence-electron chi connectivity index (χ0n) is 20.5. The van der Waals surface area contributed by atoms with Crippen LogP contribution in [0, 0.1) is 29.5 Å². The fraction of sp³-hybridized carbons (Fsp3) is 0.739. The zero-order chi connectivity index (χ0) is 25.3. The summed E-state index contributed by atoms with van der Waals surface area (Å²) < 4.78 is 15.4. The van der Waals surface area contributed by atoms with E-state index >= 15 is 4.39 Å². The van der Waals surface area contributed by atoms with Gasteiger partial charge in [0.2, 0.25) is 23.4 Å². The topological polar surface area (TPSA) is 114 Å². The van der Waals surface area contributed by atoms with E-state index in [1.807, 2.05) is 4.90 Å². The van der Waals surface area contributed by atoms with E-state index in [1.54, 1.807) is 0 Å². The van der Waals surface area contributed by atoms with Crippen LogP contribution in [0.1, 0.15) is 46.0 Å². The summed E-state index contributed by atoms with van der Waals surface area (Å²) in [5.41, 5.74) is 5.04. The van der Waals surface area contributed by atoms with Crippen molar-refractivity contribution in [3.63, 3.8) is 0 Å². The second-order valence-electron chi connectivity index (χ2n) is 10.7. The summed E-state index contributed by atoms with van der Waals surface area (Å²) in [6.07, 6.45) is 5.02. The van der Waals surface area contributed by atoms with Gasteiger partial charge in [-0.15, -0.1) is 0 Å². The first kappa shape index (κ1) is 25.8. The third-order valence-corrected chi connectivity index (χ3v) is 8.41. The number of nitrogens with zero attached hydrogens (tertiary/aromatic N) is 5. The molecule has 1 saturated carbocycles. The van der Waals surface area contributed by atoms with Gasteiger partial charge in [0.25, 0.3) is 0 Å². The molecular formula is C23H35ClFN7O3. The fourth-order valence-electron chi connectivity index (χ4n) is 6.01. The average molecular weight is 512 g/mol. The van der Waals surface area contributed by atoms with Crippen molar-refractivity contribution >= 4 is 35.6 Å². The number of nitrogens with one attached hydrogen (secondary N) is 2. The third kappa shape index (κ3) is 5.46. The van der Waals surface area contributed by atoms with Gasteiger partial charge in [-0.25, -0.2) is 5.06 Å². The van der Waals surface area contributed by atoms with Gasteiger partial charge in [0.15, 0.2) is 11.6 Å². The number of likely N-dealkylation sites (tertiary alicyclic amines) is 1. The molecular weight excluding hydrogens is 477 g/mol. The molecule has 0 aromatic carbocycles. The van der Waals surface area contributed by atoms with Crippen LogP contribution in [-0.4, -0.2) is 76.2 Å². The van der Waals surface area contributed by atoms with Gasteiger partial charge in [0.1, 0.15) is 0 Å². The molecule has 0 bridgehead atoms. The van der Waals surface area contributed by atoms with Crippen molar-refractivity contribution in [3.8, 4) is 0 Å². The minimum absolute atomic E-state index is 0.00178. The molecule has 3 fully saturated rings. The molecule has 3 heterocycles. The third-order valence-electron chi connectivity index (χ3n) is 8.24. The minimum Gasteiger partial charge on any atom is -0.353 e. The van der Waals surface area contributed by atoms with Crippen molar-refractivity contribution in [1.82, 2.24) is 25.4 Å². The van der Waals surface area contributed by atoms with Gasteiger partial charge in [0.05, 0.1) is 12.5 Å². The number of hydrogen-bond acceptors (Lipinski definition) is 8. The first-order valence-corrected chi connectivity index (χ1v) is 12.6. The molecule has 2 amide bonds. The Morgan fingerprint density at radius 1 is 1.31 bits per heavy atom. The van der Waals surface area contributed by atoms with Crippen LogP contribution < -0.4 is 15.8 Å². The van der Waals surface area contributed by atoms with Crippen LogP contribution >= 0.6 is 11.6 Å². The quantitative estimate of drug-likeness (QED) is 0.200. The number of rotatable bonds is 9. The van der Waals surface area contributed by atoms with Crippen molar-refractivity contribution in [2.75, 3.05) is 43.6 Å². The van der Waals surface area contributed by atoms with Crippen LogP contribution in [0.4, 0.5) is 16.0 Å². The molecule has 194 valence electrons. The number of hydrazine groups is 1. The van der Waals surface area contributed by atoms with Crippen molar-refractivity contribution in [2.45, 2.75) is 51.5 Å². The van der Waals surface area contributed by atoms with Gasteiger partial charge in [-0.2, -0.15) is 14.4 Å². The molecule has 0 spiro atoms. The summed E-state index contributed by atoms with van der Waals surface area (Å²) in [6, 6.07) is 0. The molecule has 35 heavy (non-hydrogen) atoms. The Bertz CT molecular complexity index is 946. The normalized spacial score (nSPS) is 24.9. The van der Waals surface area contributed by atoms with Crippen LogP contribution in [0.25, 0.3) is 0 Å². The van der Waals surface area contributed by atoms with E-state index in [0.29, 0.717) is 42.3 Å². The van der Waals surface area contributed by atoms with Crippen molar-refractivity contribution in [3.05, 3.63) is 11.1 Å². The molecule has 1 aromatic rings. The van der Waals surface area contributed by atoms with E-state index in [9.17, 15) is 14.8 Å². The predicted octanol–water partition coefficient (Wildman–Crippen LogP) is 2.53. The Hall–Kier alpha value is -2.24. The molecule has 3 aliphatic rings. The zero-order valence-corrected chi connectivity index (χ0v) is 21.3. The highest BCUT2D eigenvalue weighted by molar-refractivity contribution is 6.28. The number of halogens is 2. The first-order chi connectivity index (χ1) is 16.6. The Morgan fingerprint density at radius 2 is 2.03 bits per heavy atom. The SMILES string of the molecule is CN1CC2CN(c3nc(Cl)nc(NNC(=O)C(CC4CCCC4)CN(O)C=O)c3F)CC2C1(C)C. The van der Waals surface area contributed by atoms with Crippen LogP contribution in [0.2, 0.25) is 5.28 Å². The Morgan fingerprint density at radius 3 is 2.69 bits per heavy atom. The lowest BCUT2D eigenvalue weighted by atomic mass is 9.85. The highest BCUT2D eigenvalue weighted by Crippen LogP contribution is 2.44. The van der Waals surface area contributed by atoms with Crippen LogP contribution in [0.3, 0.4) is 0 Å². The second-order valence-corrected chi connectivity index (χ2v) is 11.0. The minimum atomic E-state index is -0.690. The summed E-state index contributed by atoms with van der Waals surface area (Å²) in [7, 11) is 2.11. The van der Waals surface area contributed by atoms with Gasteiger partial charge in [0, 0.05) is 31.1 Å². The fourth-order valence-corrected chi connectivity index (χ4v) is 6.17. The van der Waals surface area contributed by atoms with E-state index in [0.717, 1.165) is 32.2 Å². The van der Waals surface area contributed by atoms with Gasteiger partial charge >= 0.3 is 0 Å². The molecule has 3 unspecified atom stereocenters. The second kappa shape index (κ2) is 10.4. The van der Waals surface area contributed by atoms with Crippen LogP contribution in [-0.2, 0) is 9.59 Å². The molecule has 0 radical (unpaired) electrons. The van der Waals surface area contributed by atoms with E-state index in [2.05, 4.69) is 46.6 Å². The van der Waals surface area contributed by atoms with E-state index < -0.39 is 17.6 Å². The number of anilines is 2. The number of amides is 2. The number of carbonyl (C=O) groups excluding carboxylic acids is 2. The van der Waals surface area contributed by atoms with Crippen LogP contribution in [0.15, 0.2) is 0 Å². The Labute approximate surface area is 210 Å². The average Bonchev–Trinajstić information content (AvgIpc) is 3.52. The molecule has 3 N–H and O–H groups in total. The number of carbonyl (C=O) groups is 2. The maximum atomic E-state index is 15.4. The highest BCUT2D eigenvalue weighted by Gasteiger charge is 2.51. The van der Waals surface area contributed by atoms with Gasteiger partial charge in [-0.05, 0) is 50.8 Å². The van der Waals surface area contributed by atoms with Gasteiger partial charge in [-0.3, -0.25) is 25.6 Å². The van der Waals surface area contributed by atoms with Crippen molar-refractivity contribution in [1.29, 1.82) is 0 Å². The summed E-state index contributed by atoms with van der Waals surface area (Å²) >= 11 is 6.12. The lowest BCUT2D eigenvalue weighted by Gasteiger charge is -2.34. The standard InChI is InChI=1S/C23H35ClFN7O3/c1-23(2)17-12-31(10-16(17)9-30(23)3)20-18(25)19(26-22(24)27-20)28-29-21(34)15(11-32(35)13-33)8-14-6-4-5-7-14/h13-17,35H,4-12H2,1-3H3,(H,29,34)(H,26,27,28). The molecule has 4 rings (SSSR count). The van der Waals surface area contributed by atoms with E-state index in [4.69, 9.17) is 11.6 Å². The van der Waals surface area contributed by atoms with E-state index in [1.165, 1.54) is 0 Å². The van der Waals surface area contributed by atoms with E-state index in [-0.39, 0.29) is 35.4 Å². The smallest absolute Gasteiger partial charge is 0.243 e. The number of hydroxylamine groups is 2. The maximum Gasteiger partial charge on any atom is 0.243 e. The summed E-state index contributed by atoms with van der Waals surface area (Å²) in [4.78, 5) is 36.1. The monoisotopic (exact) mass is 511 g/mol. The number of aromatic nitrogens is 2. The largest absolute Gasteiger partial charge is 0.353 e. The maximum absolute atomic E-state index is 15.4. The molecule has 2 saturated heterocycles. The van der Waals surface area contributed by atoms with Crippen molar-refractivity contribution < 1.29 is 19.2 Å². The molecule has 1 aromatic heterocycles. The van der Waals surface area contributed by atoms with Crippen molar-refractivity contribution in [2.24, 2.45) is 23.7 Å². The number of fused-ring (bicyclic) bond motifs is 1. The molecule has 10 nitrogen and oxygen atoms in total. The highest BCUT2D eigenvalue weighted by atomic mass is 35.5. The number of hydrogen-bond donors (Lipinski definition) is 3. The lowest BCUT2D eigenvalue weighted by molar-refractivity contribution is -0.154. The van der Waals surface area contributed by atoms with Crippen LogP contribution in [0.5, 0.6) is 0 Å². The Kier molecular flexibility index (Phi) is 7.68. The molecule has 2 aliphatic heterocycles.